The Labute approximate surface area is 116 Å². The van der Waals surface area contributed by atoms with Crippen molar-refractivity contribution in [3.05, 3.63) is 30.1 Å². The van der Waals surface area contributed by atoms with E-state index < -0.39 is 30.4 Å². The molecule has 0 aromatic heterocycles. The van der Waals surface area contributed by atoms with E-state index >= 15 is 0 Å². The van der Waals surface area contributed by atoms with Crippen molar-refractivity contribution < 1.29 is 36.6 Å². The summed E-state index contributed by atoms with van der Waals surface area (Å²) < 4.78 is 65.0. The predicted molar refractivity (Wildman–Crippen MR) is 60.7 cm³/mol. The molecule has 5 nitrogen and oxygen atoms in total. The van der Waals surface area contributed by atoms with E-state index in [4.69, 9.17) is 4.74 Å². The molecule has 116 valence electrons. The summed E-state index contributed by atoms with van der Waals surface area (Å²) in [6.07, 6.45) is -4.92. The van der Waals surface area contributed by atoms with Crippen LogP contribution in [0.3, 0.4) is 0 Å². The number of carbonyl (C=O) groups excluding carboxylic acids is 1. The van der Waals surface area contributed by atoms with E-state index in [9.17, 15) is 22.4 Å². The second-order valence-corrected chi connectivity index (χ2v) is 4.10. The number of halogens is 4. The lowest BCUT2D eigenvalue weighted by atomic mass is 10.3. The summed E-state index contributed by atoms with van der Waals surface area (Å²) in [5.74, 6) is -4.59. The lowest BCUT2D eigenvalue weighted by molar-refractivity contribution is -0.353. The Kier molecular flexibility index (Phi) is 4.33. The van der Waals surface area contributed by atoms with Crippen LogP contribution in [0.4, 0.5) is 17.6 Å². The van der Waals surface area contributed by atoms with Gasteiger partial charge in [0.15, 0.2) is 6.61 Å². The zero-order valence-electron chi connectivity index (χ0n) is 10.6. The van der Waals surface area contributed by atoms with E-state index in [1.807, 2.05) is 0 Å². The molecule has 0 atom stereocenters. The van der Waals surface area contributed by atoms with Gasteiger partial charge in [0.1, 0.15) is 11.6 Å². The summed E-state index contributed by atoms with van der Waals surface area (Å²) in [5, 5.41) is 1.61. The first-order chi connectivity index (χ1) is 9.82. The molecule has 0 bridgehead atoms. The molecule has 1 N–H and O–H groups in total. The van der Waals surface area contributed by atoms with Crippen molar-refractivity contribution in [1.82, 2.24) is 5.32 Å². The average Bonchev–Trinajstić information content (AvgIpc) is 2.87. The highest BCUT2D eigenvalue weighted by Crippen LogP contribution is 2.35. The molecular weight excluding hydrogens is 298 g/mol. The largest absolute Gasteiger partial charge is 0.484 e. The van der Waals surface area contributed by atoms with Gasteiger partial charge >= 0.3 is 12.1 Å². The summed E-state index contributed by atoms with van der Waals surface area (Å²) in [7, 11) is 0. The van der Waals surface area contributed by atoms with Gasteiger partial charge in [-0.15, -0.1) is 0 Å². The summed E-state index contributed by atoms with van der Waals surface area (Å²) >= 11 is 0. The van der Waals surface area contributed by atoms with Crippen LogP contribution in [0.25, 0.3) is 0 Å². The van der Waals surface area contributed by atoms with Crippen molar-refractivity contribution in [3.8, 4) is 5.75 Å². The maximum atomic E-state index is 12.8. The molecule has 0 radical (unpaired) electrons. The minimum atomic E-state index is -4.92. The predicted octanol–water partition coefficient (Wildman–Crippen LogP) is 1.58. The molecule has 2 rings (SSSR count). The molecule has 21 heavy (non-hydrogen) atoms. The number of nitrogens with one attached hydrogen (secondary N) is 1. The Hall–Kier alpha value is -1.87. The summed E-state index contributed by atoms with van der Waals surface area (Å²) in [4.78, 5) is 11.5. The van der Waals surface area contributed by atoms with Gasteiger partial charge in [-0.25, -0.2) is 4.39 Å². The maximum Gasteiger partial charge on any atom is 0.465 e. The number of carbonyl (C=O) groups is 1. The third-order valence-corrected chi connectivity index (χ3v) is 2.55. The quantitative estimate of drug-likeness (QED) is 0.858. The molecule has 1 fully saturated rings. The SMILES string of the molecule is O=C(COc1ccc(F)cc1)NC1(C(F)(F)F)OCCO1. The van der Waals surface area contributed by atoms with Gasteiger partial charge in [0.25, 0.3) is 5.91 Å². The number of hydrogen-bond acceptors (Lipinski definition) is 4. The van der Waals surface area contributed by atoms with E-state index in [1.165, 1.54) is 12.1 Å². The van der Waals surface area contributed by atoms with Crippen LogP contribution in [-0.2, 0) is 14.3 Å². The lowest BCUT2D eigenvalue weighted by Gasteiger charge is -2.29. The zero-order valence-corrected chi connectivity index (χ0v) is 10.6. The maximum absolute atomic E-state index is 12.8. The Morgan fingerprint density at radius 3 is 2.33 bits per heavy atom. The van der Waals surface area contributed by atoms with Crippen LogP contribution in [0.5, 0.6) is 5.75 Å². The van der Waals surface area contributed by atoms with Gasteiger partial charge in [-0.1, -0.05) is 0 Å². The van der Waals surface area contributed by atoms with Crippen LogP contribution in [0.2, 0.25) is 0 Å². The highest BCUT2D eigenvalue weighted by molar-refractivity contribution is 5.78. The molecule has 0 aliphatic carbocycles. The van der Waals surface area contributed by atoms with Gasteiger partial charge in [-0.3, -0.25) is 10.1 Å². The Morgan fingerprint density at radius 2 is 1.81 bits per heavy atom. The number of alkyl halides is 3. The van der Waals surface area contributed by atoms with Crippen LogP contribution in [-0.4, -0.2) is 37.8 Å². The van der Waals surface area contributed by atoms with Gasteiger partial charge in [0, 0.05) is 0 Å². The van der Waals surface area contributed by atoms with E-state index in [2.05, 4.69) is 9.47 Å². The van der Waals surface area contributed by atoms with E-state index in [0.717, 1.165) is 12.1 Å². The minimum absolute atomic E-state index is 0.140. The molecule has 0 saturated carbocycles. The molecule has 1 aromatic carbocycles. The van der Waals surface area contributed by atoms with Crippen LogP contribution >= 0.6 is 0 Å². The second kappa shape index (κ2) is 5.86. The van der Waals surface area contributed by atoms with Crippen LogP contribution < -0.4 is 10.1 Å². The normalized spacial score (nSPS) is 17.5. The molecule has 1 saturated heterocycles. The molecule has 1 heterocycles. The van der Waals surface area contributed by atoms with Crippen molar-refractivity contribution in [2.24, 2.45) is 0 Å². The highest BCUT2D eigenvalue weighted by Gasteiger charge is 2.61. The third-order valence-electron chi connectivity index (χ3n) is 2.55. The van der Waals surface area contributed by atoms with E-state index in [1.54, 1.807) is 5.32 Å². The molecule has 1 aliphatic rings. The van der Waals surface area contributed by atoms with Crippen LogP contribution in [0.1, 0.15) is 0 Å². The Morgan fingerprint density at radius 1 is 1.24 bits per heavy atom. The molecule has 0 spiro atoms. The summed E-state index contributed by atoms with van der Waals surface area (Å²) in [5.41, 5.74) is 0. The third kappa shape index (κ3) is 3.61. The Bertz CT molecular complexity index is 497. The fourth-order valence-electron chi connectivity index (χ4n) is 1.62. The summed E-state index contributed by atoms with van der Waals surface area (Å²) in [6, 6.07) is 4.66. The Balaban J connectivity index is 1.93. The molecule has 1 amide bonds. The standard InChI is InChI=1S/C12H11F4NO4/c13-8-1-3-9(4-2-8)19-7-10(18)17-12(11(14,15)16)20-5-6-21-12/h1-4H,5-7H2,(H,17,18). The van der Waals surface area contributed by atoms with Crippen molar-refractivity contribution in [2.75, 3.05) is 19.8 Å². The molecular formula is C12H11F4NO4. The minimum Gasteiger partial charge on any atom is -0.484 e. The number of benzene rings is 1. The number of ether oxygens (including phenoxy) is 3. The van der Waals surface area contributed by atoms with E-state index in [-0.39, 0.29) is 19.0 Å². The molecule has 9 heteroatoms. The average molecular weight is 309 g/mol. The summed E-state index contributed by atoms with van der Waals surface area (Å²) in [6.45, 7) is -1.28. The second-order valence-electron chi connectivity index (χ2n) is 4.10. The van der Waals surface area contributed by atoms with Gasteiger partial charge in [-0.05, 0) is 24.3 Å². The first-order valence-electron chi connectivity index (χ1n) is 5.86. The van der Waals surface area contributed by atoms with Crippen LogP contribution in [0, 0.1) is 5.82 Å². The van der Waals surface area contributed by atoms with Crippen molar-refractivity contribution in [1.29, 1.82) is 0 Å². The van der Waals surface area contributed by atoms with Gasteiger partial charge in [-0.2, -0.15) is 13.2 Å². The van der Waals surface area contributed by atoms with E-state index in [0.29, 0.717) is 0 Å². The number of amides is 1. The first-order valence-corrected chi connectivity index (χ1v) is 5.86. The van der Waals surface area contributed by atoms with Crippen molar-refractivity contribution in [2.45, 2.75) is 12.1 Å². The zero-order chi connectivity index (χ0) is 15.5. The smallest absolute Gasteiger partial charge is 0.465 e. The van der Waals surface area contributed by atoms with Gasteiger partial charge < -0.3 is 14.2 Å². The molecule has 1 aromatic rings. The molecule has 0 unspecified atom stereocenters. The monoisotopic (exact) mass is 309 g/mol. The number of rotatable bonds is 4. The fourth-order valence-corrected chi connectivity index (χ4v) is 1.62. The van der Waals surface area contributed by atoms with Crippen LogP contribution in [0.15, 0.2) is 24.3 Å². The highest BCUT2D eigenvalue weighted by atomic mass is 19.4. The van der Waals surface area contributed by atoms with Gasteiger partial charge in [0.05, 0.1) is 13.2 Å². The first kappa shape index (κ1) is 15.5. The van der Waals surface area contributed by atoms with Crippen molar-refractivity contribution >= 4 is 5.91 Å². The lowest BCUT2D eigenvalue weighted by Crippen LogP contribution is -2.60. The van der Waals surface area contributed by atoms with Crippen molar-refractivity contribution in [3.63, 3.8) is 0 Å². The fraction of sp³-hybridized carbons (Fsp3) is 0.417. The number of hydrogen-bond donors (Lipinski definition) is 1. The van der Waals surface area contributed by atoms with Gasteiger partial charge in [0.2, 0.25) is 0 Å². The molecule has 1 aliphatic heterocycles. The topological polar surface area (TPSA) is 56.8 Å².